The fraction of sp³-hybridized carbons (Fsp3) is 0.375. The van der Waals surface area contributed by atoms with Crippen LogP contribution in [0, 0.1) is 0 Å². The van der Waals surface area contributed by atoms with Crippen molar-refractivity contribution in [3.8, 4) is 17.1 Å². The number of carbonyl (C=O) groups excluding carboxylic acids is 1. The number of hydrogen-bond acceptors (Lipinski definition) is 5. The summed E-state index contributed by atoms with van der Waals surface area (Å²) in [5.74, 6) is 0.660. The average Bonchev–Trinajstić information content (AvgIpc) is 3.11. The molecule has 2 aromatic rings. The first-order chi connectivity index (χ1) is 11.6. The Bertz CT molecular complexity index is 702. The lowest BCUT2D eigenvalue weighted by Crippen LogP contribution is -2.48. The highest BCUT2D eigenvalue weighted by Crippen LogP contribution is 2.24. The number of benzene rings is 1. The number of rotatable bonds is 4. The van der Waals surface area contributed by atoms with E-state index in [1.807, 2.05) is 0 Å². The topological polar surface area (TPSA) is 64.8 Å². The summed E-state index contributed by atoms with van der Waals surface area (Å²) >= 11 is 0. The van der Waals surface area contributed by atoms with Crippen LogP contribution in [0.2, 0.25) is 0 Å². The third kappa shape index (κ3) is 3.38. The molecule has 0 radical (unpaired) electrons. The maximum absolute atomic E-state index is 12.7. The summed E-state index contributed by atoms with van der Waals surface area (Å²) in [4.78, 5) is 13.7. The molecule has 1 fully saturated rings. The minimum absolute atomic E-state index is 0.0733. The first-order valence-corrected chi connectivity index (χ1v) is 7.38. The summed E-state index contributed by atoms with van der Waals surface area (Å²) in [5.41, 5.74) is 0.811. The van der Waals surface area contributed by atoms with Crippen LogP contribution in [0.1, 0.15) is 10.5 Å². The number of halogens is 2. The number of methoxy groups -OCH3 is 1. The Kier molecular flexibility index (Phi) is 4.75. The SMILES string of the molecule is COc1ccc(-c2cc(C(=O)N3CCOC(C(F)F)C3)no2)cc1. The van der Waals surface area contributed by atoms with Crippen molar-refractivity contribution >= 4 is 5.91 Å². The molecule has 0 saturated carbocycles. The standard InChI is InChI=1S/C16H16F2N2O4/c1-22-11-4-2-10(3-5-11)13-8-12(19-24-13)16(21)20-6-7-23-14(9-20)15(17)18/h2-5,8,14-15H,6-7,9H2,1H3. The van der Waals surface area contributed by atoms with Crippen molar-refractivity contribution < 1.29 is 27.6 Å². The molecule has 6 nitrogen and oxygen atoms in total. The Labute approximate surface area is 136 Å². The van der Waals surface area contributed by atoms with E-state index in [-0.39, 0.29) is 25.4 Å². The molecule has 0 N–H and O–H groups in total. The summed E-state index contributed by atoms with van der Waals surface area (Å²) in [6, 6.07) is 8.56. The first-order valence-electron chi connectivity index (χ1n) is 7.38. The second-order valence-electron chi connectivity index (χ2n) is 5.30. The molecule has 1 aromatic heterocycles. The average molecular weight is 338 g/mol. The van der Waals surface area contributed by atoms with Gasteiger partial charge < -0.3 is 18.9 Å². The Balaban J connectivity index is 1.73. The molecule has 1 saturated heterocycles. The molecule has 0 bridgehead atoms. The Morgan fingerprint density at radius 3 is 2.79 bits per heavy atom. The van der Waals surface area contributed by atoms with Crippen LogP contribution in [0.25, 0.3) is 11.3 Å². The van der Waals surface area contributed by atoms with Crippen molar-refractivity contribution in [3.63, 3.8) is 0 Å². The lowest BCUT2D eigenvalue weighted by molar-refractivity contribution is -0.0943. The normalized spacial score (nSPS) is 18.0. The van der Waals surface area contributed by atoms with Crippen LogP contribution in [-0.2, 0) is 4.74 Å². The molecule has 0 spiro atoms. The van der Waals surface area contributed by atoms with Gasteiger partial charge in [0.1, 0.15) is 11.9 Å². The molecule has 1 amide bonds. The van der Waals surface area contributed by atoms with Crippen LogP contribution in [-0.4, -0.2) is 55.3 Å². The molecule has 2 heterocycles. The highest BCUT2D eigenvalue weighted by Gasteiger charge is 2.31. The molecule has 8 heteroatoms. The fourth-order valence-electron chi connectivity index (χ4n) is 2.44. The highest BCUT2D eigenvalue weighted by atomic mass is 19.3. The molecule has 1 aromatic carbocycles. The summed E-state index contributed by atoms with van der Waals surface area (Å²) in [5, 5.41) is 3.75. The fourth-order valence-corrected chi connectivity index (χ4v) is 2.44. The molecule has 24 heavy (non-hydrogen) atoms. The lowest BCUT2D eigenvalue weighted by atomic mass is 10.1. The third-order valence-electron chi connectivity index (χ3n) is 3.77. The van der Waals surface area contributed by atoms with Crippen molar-refractivity contribution in [1.82, 2.24) is 10.1 Å². The number of ether oxygens (including phenoxy) is 2. The van der Waals surface area contributed by atoms with E-state index in [1.165, 1.54) is 11.0 Å². The van der Waals surface area contributed by atoms with Crippen LogP contribution in [0.4, 0.5) is 8.78 Å². The number of morpholine rings is 1. The van der Waals surface area contributed by atoms with Crippen LogP contribution < -0.4 is 4.74 Å². The Morgan fingerprint density at radius 1 is 1.38 bits per heavy atom. The van der Waals surface area contributed by atoms with Crippen LogP contribution in [0.3, 0.4) is 0 Å². The van der Waals surface area contributed by atoms with Gasteiger partial charge in [0.2, 0.25) is 0 Å². The second kappa shape index (κ2) is 6.96. The molecule has 0 aliphatic carbocycles. The largest absolute Gasteiger partial charge is 0.497 e. The first kappa shape index (κ1) is 16.4. The van der Waals surface area contributed by atoms with Crippen LogP contribution >= 0.6 is 0 Å². The predicted molar refractivity (Wildman–Crippen MR) is 80.1 cm³/mol. The van der Waals surface area contributed by atoms with Gasteiger partial charge in [-0.3, -0.25) is 4.79 Å². The molecule has 1 atom stereocenters. The van der Waals surface area contributed by atoms with E-state index < -0.39 is 18.4 Å². The maximum Gasteiger partial charge on any atom is 0.276 e. The van der Waals surface area contributed by atoms with Gasteiger partial charge in [0, 0.05) is 18.2 Å². The minimum Gasteiger partial charge on any atom is -0.497 e. The minimum atomic E-state index is -2.63. The zero-order valence-corrected chi connectivity index (χ0v) is 12.9. The van der Waals surface area contributed by atoms with Crippen LogP contribution in [0.5, 0.6) is 5.75 Å². The summed E-state index contributed by atoms with van der Waals surface area (Å²) in [6.07, 6.45) is -3.90. The van der Waals surface area contributed by atoms with Gasteiger partial charge in [-0.2, -0.15) is 0 Å². The van der Waals surface area contributed by atoms with Gasteiger partial charge in [-0.15, -0.1) is 0 Å². The third-order valence-corrected chi connectivity index (χ3v) is 3.77. The van der Waals surface area contributed by atoms with Gasteiger partial charge in [0.05, 0.1) is 20.3 Å². The smallest absolute Gasteiger partial charge is 0.276 e. The lowest BCUT2D eigenvalue weighted by Gasteiger charge is -2.31. The molecule has 128 valence electrons. The van der Waals surface area contributed by atoms with Crippen molar-refractivity contribution in [2.45, 2.75) is 12.5 Å². The number of aromatic nitrogens is 1. The van der Waals surface area contributed by atoms with Gasteiger partial charge in [-0.25, -0.2) is 8.78 Å². The van der Waals surface area contributed by atoms with Crippen molar-refractivity contribution in [1.29, 1.82) is 0 Å². The zero-order chi connectivity index (χ0) is 17.1. The van der Waals surface area contributed by atoms with Gasteiger partial charge in [0.15, 0.2) is 11.5 Å². The molecular weight excluding hydrogens is 322 g/mol. The van der Waals surface area contributed by atoms with E-state index >= 15 is 0 Å². The van der Waals surface area contributed by atoms with Crippen LogP contribution in [0.15, 0.2) is 34.9 Å². The molecule has 1 aliphatic rings. The number of alkyl halides is 2. The molecule has 1 aliphatic heterocycles. The van der Waals surface area contributed by atoms with E-state index in [0.717, 1.165) is 5.56 Å². The van der Waals surface area contributed by atoms with E-state index in [2.05, 4.69) is 5.16 Å². The molecule has 1 unspecified atom stereocenters. The Morgan fingerprint density at radius 2 is 2.12 bits per heavy atom. The predicted octanol–water partition coefficient (Wildman–Crippen LogP) is 2.46. The number of nitrogens with zero attached hydrogens (tertiary/aromatic N) is 2. The van der Waals surface area contributed by atoms with Crippen molar-refractivity contribution in [3.05, 3.63) is 36.0 Å². The van der Waals surface area contributed by atoms with Gasteiger partial charge >= 0.3 is 0 Å². The second-order valence-corrected chi connectivity index (χ2v) is 5.30. The summed E-state index contributed by atoms with van der Waals surface area (Å²) in [7, 11) is 1.56. The number of hydrogen-bond donors (Lipinski definition) is 0. The van der Waals surface area contributed by atoms with Gasteiger partial charge in [-0.05, 0) is 24.3 Å². The molecular formula is C16H16F2N2O4. The number of carbonyl (C=O) groups is 1. The van der Waals surface area contributed by atoms with Gasteiger partial charge in [0.25, 0.3) is 12.3 Å². The Hall–Kier alpha value is -2.48. The monoisotopic (exact) mass is 338 g/mol. The number of amides is 1. The van der Waals surface area contributed by atoms with Crippen molar-refractivity contribution in [2.24, 2.45) is 0 Å². The maximum atomic E-state index is 12.7. The van der Waals surface area contributed by atoms with E-state index in [0.29, 0.717) is 11.5 Å². The summed E-state index contributed by atoms with van der Waals surface area (Å²) in [6.45, 7) is 0.151. The van der Waals surface area contributed by atoms with E-state index in [4.69, 9.17) is 14.0 Å². The van der Waals surface area contributed by atoms with Crippen molar-refractivity contribution in [2.75, 3.05) is 26.8 Å². The van der Waals surface area contributed by atoms with Gasteiger partial charge in [-0.1, -0.05) is 5.16 Å². The quantitative estimate of drug-likeness (QED) is 0.857. The summed E-state index contributed by atoms with van der Waals surface area (Å²) < 4.78 is 40.7. The van der Waals surface area contributed by atoms with E-state index in [9.17, 15) is 13.6 Å². The highest BCUT2D eigenvalue weighted by molar-refractivity contribution is 5.93. The van der Waals surface area contributed by atoms with E-state index in [1.54, 1.807) is 31.4 Å². The zero-order valence-electron chi connectivity index (χ0n) is 12.9. The molecule has 3 rings (SSSR count).